The first-order chi connectivity index (χ1) is 22.4. The molecule has 9 rings (SSSR count). The first kappa shape index (κ1) is 29.7. The maximum Gasteiger partial charge on any atom is 0.319 e. The molecule has 8 heterocycles. The van der Waals surface area contributed by atoms with Crippen LogP contribution in [0.25, 0.3) is 33.1 Å². The van der Waals surface area contributed by atoms with Gasteiger partial charge < -0.3 is 19.7 Å². The summed E-state index contributed by atoms with van der Waals surface area (Å²) in [5.41, 5.74) is 1.45. The molecule has 5 aliphatic rings. The molecule has 1 amide bonds. The minimum atomic E-state index is -0.906. The quantitative estimate of drug-likeness (QED) is 0.333. The molecular formula is C32H35ClF2N8O3. The third kappa shape index (κ3) is 5.22. The number of nitrogens with zero attached hydrogens (tertiary/aromatic N) is 6. The molecule has 2 N–H and O–H groups in total. The van der Waals surface area contributed by atoms with Crippen LogP contribution in [0.3, 0.4) is 0 Å². The van der Waals surface area contributed by atoms with E-state index in [4.69, 9.17) is 26.1 Å². The predicted octanol–water partition coefficient (Wildman–Crippen LogP) is 4.36. The molecule has 3 atom stereocenters. The number of H-pyrrole nitrogens is 1. The first-order valence-electron chi connectivity index (χ1n) is 16.0. The van der Waals surface area contributed by atoms with Crippen LogP contribution >= 0.6 is 11.6 Å². The standard InChI is InChI=1S/C32H35ClF2N8O3/c33-23-10-24-21(13-37-41-24)26-20(23)5-9-45-16-25(44)38-19-4-1-2-7-42(15-19)30-22-12-36-29(26)27(35)28(22)39-31(40-30)46-17-32-6-3-8-43(32)14-18(34)11-32/h10,12-13,18-19H,1-9,11,14-17H2,(H,37,41)(H,38,44)/t18-,19-,32+/m1/s1. The molecular weight excluding hydrogens is 618 g/mol. The molecule has 5 aliphatic heterocycles. The number of aromatic amines is 1. The van der Waals surface area contributed by atoms with E-state index in [-0.39, 0.29) is 49.0 Å². The van der Waals surface area contributed by atoms with Crippen molar-refractivity contribution in [3.63, 3.8) is 0 Å². The number of halogens is 3. The van der Waals surface area contributed by atoms with Crippen LogP contribution in [-0.2, 0) is 16.0 Å². The predicted molar refractivity (Wildman–Crippen MR) is 168 cm³/mol. The molecule has 0 aliphatic carbocycles. The fourth-order valence-corrected chi connectivity index (χ4v) is 8.12. The van der Waals surface area contributed by atoms with Crippen molar-refractivity contribution in [1.29, 1.82) is 0 Å². The fourth-order valence-electron chi connectivity index (χ4n) is 7.83. The number of aromatic nitrogens is 5. The Labute approximate surface area is 269 Å². The second kappa shape index (κ2) is 11.8. The summed E-state index contributed by atoms with van der Waals surface area (Å²) in [6.07, 6.45) is 7.38. The number of amides is 1. The van der Waals surface area contributed by atoms with E-state index in [1.165, 1.54) is 0 Å². The SMILES string of the molecule is O=C1COCCc2c(Cl)cc3[nH]ncc3c2-c2ncc3c(nc(OC[C@@]45CCCN4C[C@H](F)C5)nc3c2F)N2CCCC[C@H](C2)N1. The number of fused-ring (bicyclic) bond motifs is 8. The van der Waals surface area contributed by atoms with Crippen LogP contribution < -0.4 is 15.0 Å². The van der Waals surface area contributed by atoms with Gasteiger partial charge in [-0.15, -0.1) is 0 Å². The Kier molecular flexibility index (Phi) is 7.65. The van der Waals surface area contributed by atoms with Crippen molar-refractivity contribution in [2.24, 2.45) is 0 Å². The van der Waals surface area contributed by atoms with Gasteiger partial charge in [-0.3, -0.25) is 19.8 Å². The number of anilines is 1. The van der Waals surface area contributed by atoms with Crippen LogP contribution in [0.15, 0.2) is 18.5 Å². The summed E-state index contributed by atoms with van der Waals surface area (Å²) >= 11 is 6.76. The van der Waals surface area contributed by atoms with Crippen molar-refractivity contribution in [3.8, 4) is 17.3 Å². The third-order valence-corrected chi connectivity index (χ3v) is 10.3. The van der Waals surface area contributed by atoms with Crippen molar-refractivity contribution in [3.05, 3.63) is 34.9 Å². The number of rotatable bonds is 3. The van der Waals surface area contributed by atoms with E-state index in [0.29, 0.717) is 70.7 Å². The molecule has 0 unspecified atom stereocenters. The summed E-state index contributed by atoms with van der Waals surface area (Å²) in [6, 6.07) is 1.61. The average Bonchev–Trinajstić information content (AvgIpc) is 3.68. The number of alkyl halides is 1. The summed E-state index contributed by atoms with van der Waals surface area (Å²) in [5, 5.41) is 11.7. The summed E-state index contributed by atoms with van der Waals surface area (Å²) in [4.78, 5) is 31.3. The van der Waals surface area contributed by atoms with E-state index >= 15 is 4.39 Å². The highest BCUT2D eigenvalue weighted by atomic mass is 35.5. The van der Waals surface area contributed by atoms with Crippen molar-refractivity contribution in [2.75, 3.05) is 50.9 Å². The largest absolute Gasteiger partial charge is 0.461 e. The minimum absolute atomic E-state index is 0.0289. The zero-order chi connectivity index (χ0) is 31.4. The number of benzene rings is 1. The van der Waals surface area contributed by atoms with Gasteiger partial charge in [-0.05, 0) is 56.7 Å². The molecule has 0 spiro atoms. The number of nitrogens with one attached hydrogen (secondary N) is 2. The van der Waals surface area contributed by atoms with Gasteiger partial charge in [-0.2, -0.15) is 15.1 Å². The van der Waals surface area contributed by atoms with Gasteiger partial charge in [0.05, 0.1) is 29.2 Å². The number of ether oxygens (including phenoxy) is 2. The second-order valence-electron chi connectivity index (χ2n) is 12.9. The van der Waals surface area contributed by atoms with Gasteiger partial charge in [0.1, 0.15) is 36.4 Å². The molecule has 6 bridgehead atoms. The fraction of sp³-hybridized carbons (Fsp3) is 0.531. The lowest BCUT2D eigenvalue weighted by molar-refractivity contribution is -0.126. The van der Waals surface area contributed by atoms with Gasteiger partial charge in [0.25, 0.3) is 0 Å². The van der Waals surface area contributed by atoms with Gasteiger partial charge in [0, 0.05) is 54.3 Å². The number of carbonyl (C=O) groups is 1. The molecule has 3 aromatic heterocycles. The van der Waals surface area contributed by atoms with E-state index in [1.54, 1.807) is 18.5 Å². The van der Waals surface area contributed by atoms with E-state index in [9.17, 15) is 9.18 Å². The highest BCUT2D eigenvalue weighted by Crippen LogP contribution is 2.42. The average molecular weight is 653 g/mol. The van der Waals surface area contributed by atoms with Crippen LogP contribution in [0.1, 0.15) is 44.1 Å². The lowest BCUT2D eigenvalue weighted by atomic mass is 9.95. The summed E-state index contributed by atoms with van der Waals surface area (Å²) in [7, 11) is 0. The number of carbonyl (C=O) groups excluding carboxylic acids is 1. The molecule has 3 fully saturated rings. The Morgan fingerprint density at radius 2 is 2.07 bits per heavy atom. The molecule has 0 radical (unpaired) electrons. The van der Waals surface area contributed by atoms with Crippen molar-refractivity contribution >= 4 is 45.1 Å². The van der Waals surface area contributed by atoms with Crippen molar-refractivity contribution in [2.45, 2.75) is 62.7 Å². The third-order valence-electron chi connectivity index (χ3n) is 9.98. The second-order valence-corrected chi connectivity index (χ2v) is 13.3. The lowest BCUT2D eigenvalue weighted by Crippen LogP contribution is -2.44. The van der Waals surface area contributed by atoms with Gasteiger partial charge in [-0.1, -0.05) is 11.6 Å². The maximum absolute atomic E-state index is 17.0. The van der Waals surface area contributed by atoms with Crippen LogP contribution in [0, 0.1) is 5.82 Å². The Bertz CT molecular complexity index is 1820. The summed E-state index contributed by atoms with van der Waals surface area (Å²) in [6.45, 7) is 2.64. The van der Waals surface area contributed by atoms with E-state index in [1.807, 2.05) is 0 Å². The Morgan fingerprint density at radius 3 is 2.98 bits per heavy atom. The summed E-state index contributed by atoms with van der Waals surface area (Å²) < 4.78 is 43.6. The van der Waals surface area contributed by atoms with E-state index in [0.717, 1.165) is 38.6 Å². The monoisotopic (exact) mass is 652 g/mol. The minimum Gasteiger partial charge on any atom is -0.461 e. The molecule has 242 valence electrons. The number of pyridine rings is 1. The van der Waals surface area contributed by atoms with Gasteiger partial charge in [0.15, 0.2) is 5.82 Å². The zero-order valence-electron chi connectivity index (χ0n) is 25.3. The van der Waals surface area contributed by atoms with E-state index in [2.05, 4.69) is 35.3 Å². The molecule has 14 heteroatoms. The maximum atomic E-state index is 17.0. The van der Waals surface area contributed by atoms with Crippen LogP contribution in [-0.4, -0.2) is 99.7 Å². The summed E-state index contributed by atoms with van der Waals surface area (Å²) in [5.74, 6) is -0.348. The van der Waals surface area contributed by atoms with Crippen LogP contribution in [0.4, 0.5) is 14.6 Å². The number of hydrogen-bond acceptors (Lipinski definition) is 9. The van der Waals surface area contributed by atoms with Crippen LogP contribution in [0.5, 0.6) is 6.01 Å². The number of hydrogen-bond donors (Lipinski definition) is 2. The zero-order valence-corrected chi connectivity index (χ0v) is 26.1. The first-order valence-corrected chi connectivity index (χ1v) is 16.4. The van der Waals surface area contributed by atoms with Gasteiger partial charge >= 0.3 is 6.01 Å². The highest BCUT2D eigenvalue weighted by Gasteiger charge is 2.49. The van der Waals surface area contributed by atoms with Crippen molar-refractivity contribution < 1.29 is 23.0 Å². The van der Waals surface area contributed by atoms with E-state index < -0.39 is 17.5 Å². The normalized spacial score (nSPS) is 25.6. The molecule has 0 saturated carbocycles. The van der Waals surface area contributed by atoms with Gasteiger partial charge in [0.2, 0.25) is 5.91 Å². The van der Waals surface area contributed by atoms with Crippen molar-refractivity contribution in [1.82, 2.24) is 35.4 Å². The molecule has 3 saturated heterocycles. The molecule has 11 nitrogen and oxygen atoms in total. The Hall–Kier alpha value is -3.68. The Morgan fingerprint density at radius 1 is 1.15 bits per heavy atom. The molecule has 46 heavy (non-hydrogen) atoms. The smallest absolute Gasteiger partial charge is 0.319 e. The Balaban J connectivity index is 1.30. The topological polar surface area (TPSA) is 121 Å². The highest BCUT2D eigenvalue weighted by molar-refractivity contribution is 6.33. The molecule has 4 aromatic rings. The lowest BCUT2D eigenvalue weighted by Gasteiger charge is -2.31. The molecule has 1 aromatic carbocycles. The van der Waals surface area contributed by atoms with Gasteiger partial charge in [-0.25, -0.2) is 8.78 Å². The van der Waals surface area contributed by atoms with Crippen LogP contribution in [0.2, 0.25) is 5.02 Å².